The van der Waals surface area contributed by atoms with Crippen molar-refractivity contribution in [2.24, 2.45) is 0 Å². The normalized spacial score (nSPS) is 10.8. The molecule has 3 nitrogen and oxygen atoms in total. The first-order valence-corrected chi connectivity index (χ1v) is 10.3. The van der Waals surface area contributed by atoms with E-state index in [9.17, 15) is 0 Å². The predicted octanol–water partition coefficient (Wildman–Crippen LogP) is 6.36. The van der Waals surface area contributed by atoms with E-state index >= 15 is 0 Å². The zero-order valence-electron chi connectivity index (χ0n) is 17.1. The highest BCUT2D eigenvalue weighted by atomic mass is 15.1. The Balaban J connectivity index is 1.60. The molecule has 0 saturated carbocycles. The van der Waals surface area contributed by atoms with Crippen LogP contribution in [0.2, 0.25) is 0 Å². The lowest BCUT2D eigenvalue weighted by atomic mass is 10.1. The highest BCUT2D eigenvalue weighted by Crippen LogP contribution is 2.28. The van der Waals surface area contributed by atoms with Crippen molar-refractivity contribution >= 4 is 22.3 Å². The zero-order valence-corrected chi connectivity index (χ0v) is 17.1. The topological polar surface area (TPSA) is 28.2 Å². The van der Waals surface area contributed by atoms with Gasteiger partial charge in [-0.25, -0.2) is 4.98 Å². The molecular weight excluding hydrogens is 354 g/mol. The Hall–Kier alpha value is -3.33. The van der Waals surface area contributed by atoms with Gasteiger partial charge in [-0.3, -0.25) is 0 Å². The summed E-state index contributed by atoms with van der Waals surface area (Å²) in [7, 11) is 0. The Morgan fingerprint density at radius 2 is 1.48 bits per heavy atom. The van der Waals surface area contributed by atoms with Gasteiger partial charge in [-0.15, -0.1) is 0 Å². The zero-order chi connectivity index (χ0) is 20.1. The Morgan fingerprint density at radius 1 is 0.793 bits per heavy atom. The molecule has 1 heterocycles. The second-order valence-electron chi connectivity index (χ2n) is 7.13. The number of fused-ring (bicyclic) bond motifs is 1. The predicted molar refractivity (Wildman–Crippen MR) is 125 cm³/mol. The lowest BCUT2D eigenvalue weighted by Gasteiger charge is -2.21. The molecule has 0 spiro atoms. The summed E-state index contributed by atoms with van der Waals surface area (Å²) in [6.07, 6.45) is 0. The van der Waals surface area contributed by atoms with Crippen molar-refractivity contribution in [1.29, 1.82) is 0 Å². The van der Waals surface area contributed by atoms with Crippen LogP contribution in [0, 0.1) is 0 Å². The molecule has 0 amide bonds. The summed E-state index contributed by atoms with van der Waals surface area (Å²) in [5.41, 5.74) is 6.78. The minimum atomic E-state index is 0.779. The van der Waals surface area contributed by atoms with Gasteiger partial charge >= 0.3 is 0 Å². The number of para-hydroxylation sites is 1. The van der Waals surface area contributed by atoms with Gasteiger partial charge in [0.15, 0.2) is 0 Å². The lowest BCUT2D eigenvalue weighted by Crippen LogP contribution is -2.21. The van der Waals surface area contributed by atoms with Gasteiger partial charge in [0, 0.05) is 42.0 Å². The number of hydrogen-bond donors (Lipinski definition) is 1. The first kappa shape index (κ1) is 19.0. The van der Waals surface area contributed by atoms with Crippen LogP contribution in [0.1, 0.15) is 19.4 Å². The molecule has 0 unspecified atom stereocenters. The average molecular weight is 382 g/mol. The van der Waals surface area contributed by atoms with E-state index in [4.69, 9.17) is 4.98 Å². The van der Waals surface area contributed by atoms with Crippen LogP contribution in [0.4, 0.5) is 11.4 Å². The first-order valence-electron chi connectivity index (χ1n) is 10.3. The SMILES string of the molecule is CCN(CC)c1ccc(CNc2cc(-c3ccccc3)nc3ccccc23)cc1. The van der Waals surface area contributed by atoms with Crippen LogP contribution in [0.15, 0.2) is 84.9 Å². The molecular formula is C26H27N3. The smallest absolute Gasteiger partial charge is 0.0730 e. The van der Waals surface area contributed by atoms with Gasteiger partial charge in [-0.2, -0.15) is 0 Å². The van der Waals surface area contributed by atoms with Crippen molar-refractivity contribution in [3.63, 3.8) is 0 Å². The van der Waals surface area contributed by atoms with E-state index in [1.807, 2.05) is 12.1 Å². The molecule has 0 aliphatic heterocycles. The van der Waals surface area contributed by atoms with E-state index in [0.29, 0.717) is 0 Å². The van der Waals surface area contributed by atoms with Crippen molar-refractivity contribution in [3.05, 3.63) is 90.5 Å². The molecule has 4 rings (SSSR count). The molecule has 29 heavy (non-hydrogen) atoms. The minimum absolute atomic E-state index is 0.779. The van der Waals surface area contributed by atoms with Gasteiger partial charge in [0.2, 0.25) is 0 Å². The van der Waals surface area contributed by atoms with Crippen LogP contribution < -0.4 is 10.2 Å². The Bertz CT molecular complexity index is 1070. The van der Waals surface area contributed by atoms with E-state index in [1.165, 1.54) is 11.3 Å². The maximum atomic E-state index is 4.87. The van der Waals surface area contributed by atoms with E-state index in [-0.39, 0.29) is 0 Å². The molecule has 3 aromatic carbocycles. The quantitative estimate of drug-likeness (QED) is 0.404. The number of hydrogen-bond acceptors (Lipinski definition) is 3. The Labute approximate surface area is 173 Å². The van der Waals surface area contributed by atoms with E-state index < -0.39 is 0 Å². The van der Waals surface area contributed by atoms with Gasteiger partial charge in [-0.05, 0) is 43.7 Å². The maximum Gasteiger partial charge on any atom is 0.0730 e. The number of pyridine rings is 1. The molecule has 0 radical (unpaired) electrons. The Morgan fingerprint density at radius 3 is 2.21 bits per heavy atom. The van der Waals surface area contributed by atoms with Gasteiger partial charge in [0.25, 0.3) is 0 Å². The molecule has 0 bridgehead atoms. The maximum absolute atomic E-state index is 4.87. The van der Waals surface area contributed by atoms with Gasteiger partial charge in [-0.1, -0.05) is 60.7 Å². The van der Waals surface area contributed by atoms with Gasteiger partial charge in [0.1, 0.15) is 0 Å². The summed E-state index contributed by atoms with van der Waals surface area (Å²) in [5, 5.41) is 4.78. The number of aromatic nitrogens is 1. The minimum Gasteiger partial charge on any atom is -0.380 e. The van der Waals surface area contributed by atoms with Crippen LogP contribution in [-0.2, 0) is 6.54 Å². The largest absolute Gasteiger partial charge is 0.380 e. The highest BCUT2D eigenvalue weighted by molar-refractivity contribution is 5.93. The van der Waals surface area contributed by atoms with Crippen LogP contribution >= 0.6 is 0 Å². The summed E-state index contributed by atoms with van der Waals surface area (Å²) in [4.78, 5) is 7.23. The molecule has 0 aliphatic carbocycles. The molecule has 0 fully saturated rings. The van der Waals surface area contributed by atoms with Crippen molar-refractivity contribution in [2.45, 2.75) is 20.4 Å². The number of benzene rings is 3. The number of nitrogens with zero attached hydrogens (tertiary/aromatic N) is 2. The fourth-order valence-corrected chi connectivity index (χ4v) is 3.69. The van der Waals surface area contributed by atoms with E-state index in [0.717, 1.165) is 47.5 Å². The van der Waals surface area contributed by atoms with Crippen LogP contribution in [0.3, 0.4) is 0 Å². The fourth-order valence-electron chi connectivity index (χ4n) is 3.69. The molecule has 146 valence electrons. The van der Waals surface area contributed by atoms with Crippen LogP contribution in [0.25, 0.3) is 22.2 Å². The third-order valence-electron chi connectivity index (χ3n) is 5.33. The number of rotatable bonds is 7. The third-order valence-corrected chi connectivity index (χ3v) is 5.33. The van der Waals surface area contributed by atoms with Crippen LogP contribution in [0.5, 0.6) is 0 Å². The molecule has 0 saturated heterocycles. The standard InChI is InChI=1S/C26H27N3/c1-3-29(4-2)22-16-14-20(15-17-22)19-27-26-18-25(21-10-6-5-7-11-21)28-24-13-9-8-12-23(24)26/h5-18H,3-4,19H2,1-2H3,(H,27,28). The third kappa shape index (κ3) is 4.24. The molecule has 0 aliphatic rings. The summed E-state index contributed by atoms with van der Waals surface area (Å²) in [5.74, 6) is 0. The summed E-state index contributed by atoms with van der Waals surface area (Å²) < 4.78 is 0. The Kier molecular flexibility index (Phi) is 5.76. The molecule has 1 aromatic heterocycles. The molecule has 3 heteroatoms. The van der Waals surface area contributed by atoms with Crippen molar-refractivity contribution in [2.75, 3.05) is 23.3 Å². The van der Waals surface area contributed by atoms with E-state index in [2.05, 4.69) is 96.9 Å². The second-order valence-corrected chi connectivity index (χ2v) is 7.13. The number of anilines is 2. The van der Waals surface area contributed by atoms with Crippen molar-refractivity contribution < 1.29 is 0 Å². The van der Waals surface area contributed by atoms with Crippen molar-refractivity contribution in [1.82, 2.24) is 4.98 Å². The highest BCUT2D eigenvalue weighted by Gasteiger charge is 2.08. The molecule has 4 aromatic rings. The molecule has 0 atom stereocenters. The van der Waals surface area contributed by atoms with E-state index in [1.54, 1.807) is 0 Å². The first-order chi connectivity index (χ1) is 14.3. The van der Waals surface area contributed by atoms with Gasteiger partial charge in [0.05, 0.1) is 11.2 Å². The summed E-state index contributed by atoms with van der Waals surface area (Å²) >= 11 is 0. The summed E-state index contributed by atoms with van der Waals surface area (Å²) in [6.45, 7) is 7.22. The van der Waals surface area contributed by atoms with Gasteiger partial charge < -0.3 is 10.2 Å². The molecule has 1 N–H and O–H groups in total. The van der Waals surface area contributed by atoms with Crippen molar-refractivity contribution in [3.8, 4) is 11.3 Å². The number of nitrogens with one attached hydrogen (secondary N) is 1. The second kappa shape index (κ2) is 8.78. The average Bonchev–Trinajstić information content (AvgIpc) is 2.79. The summed E-state index contributed by atoms with van der Waals surface area (Å²) in [6, 6.07) is 29.7. The fraction of sp³-hybridized carbons (Fsp3) is 0.192. The monoisotopic (exact) mass is 381 g/mol. The van der Waals surface area contributed by atoms with Crippen LogP contribution in [-0.4, -0.2) is 18.1 Å². The lowest BCUT2D eigenvalue weighted by molar-refractivity contribution is 0.865.